The molecule has 0 heterocycles. The van der Waals surface area contributed by atoms with E-state index in [2.05, 4.69) is 18.3 Å². The quantitative estimate of drug-likeness (QED) is 0.753. The van der Waals surface area contributed by atoms with E-state index in [1.165, 1.54) is 56.2 Å². The minimum absolute atomic E-state index is 0.636. The first-order valence-electron chi connectivity index (χ1n) is 6.88. The zero-order chi connectivity index (χ0) is 12.1. The molecule has 2 heteroatoms. The Morgan fingerprint density at radius 3 is 2.29 bits per heavy atom. The molecule has 0 amide bonds. The van der Waals surface area contributed by atoms with E-state index in [-0.39, 0.29) is 0 Å². The molecule has 0 bridgehead atoms. The van der Waals surface area contributed by atoms with Crippen molar-refractivity contribution in [3.8, 4) is 0 Å². The molecule has 2 rings (SSSR count). The molecule has 0 aromatic heterocycles. The molecule has 1 fully saturated rings. The summed E-state index contributed by atoms with van der Waals surface area (Å²) in [6.45, 7) is 2.10. The number of nitrogens with one attached hydrogen (secondary N) is 1. The van der Waals surface area contributed by atoms with Crippen molar-refractivity contribution in [3.63, 3.8) is 0 Å². The molecule has 0 saturated heterocycles. The highest BCUT2D eigenvalue weighted by Crippen LogP contribution is 2.22. The Morgan fingerprint density at radius 2 is 1.65 bits per heavy atom. The third-order valence-corrected chi connectivity index (χ3v) is 3.58. The van der Waals surface area contributed by atoms with Crippen LogP contribution >= 0.6 is 0 Å². The molecule has 0 radical (unpaired) electrons. The zero-order valence-corrected chi connectivity index (χ0v) is 10.8. The molecule has 3 N–H and O–H groups in total. The molecule has 0 unspecified atom stereocenters. The number of anilines is 2. The Hall–Kier alpha value is -1.18. The second-order valence-electron chi connectivity index (χ2n) is 5.32. The fraction of sp³-hybridized carbons (Fsp3) is 0.600. The van der Waals surface area contributed by atoms with Gasteiger partial charge in [0.2, 0.25) is 0 Å². The molecule has 1 saturated carbocycles. The fourth-order valence-electron chi connectivity index (χ4n) is 2.73. The first-order valence-corrected chi connectivity index (χ1v) is 6.88. The maximum absolute atomic E-state index is 5.88. The lowest BCUT2D eigenvalue weighted by Crippen LogP contribution is -2.20. The lowest BCUT2D eigenvalue weighted by Gasteiger charge is -2.22. The normalized spacial score (nSPS) is 18.4. The summed E-state index contributed by atoms with van der Waals surface area (Å²) in [6, 6.07) is 6.89. The number of nitrogen functional groups attached to an aromatic ring is 1. The van der Waals surface area contributed by atoms with Crippen LogP contribution in [0.4, 0.5) is 11.4 Å². The lowest BCUT2D eigenvalue weighted by molar-refractivity contribution is 0.471. The second kappa shape index (κ2) is 5.95. The van der Waals surface area contributed by atoms with Crippen LogP contribution in [0, 0.1) is 6.92 Å². The van der Waals surface area contributed by atoms with Gasteiger partial charge in [0.1, 0.15) is 0 Å². The Labute approximate surface area is 105 Å². The van der Waals surface area contributed by atoms with Crippen LogP contribution in [0.3, 0.4) is 0 Å². The predicted molar refractivity (Wildman–Crippen MR) is 75.3 cm³/mol. The minimum Gasteiger partial charge on any atom is -0.399 e. The van der Waals surface area contributed by atoms with E-state index in [0.717, 1.165) is 5.69 Å². The van der Waals surface area contributed by atoms with Gasteiger partial charge in [0.05, 0.1) is 0 Å². The van der Waals surface area contributed by atoms with E-state index < -0.39 is 0 Å². The van der Waals surface area contributed by atoms with Gasteiger partial charge in [0.15, 0.2) is 0 Å². The molecular formula is C15H24N2. The number of aryl methyl sites for hydroxylation is 1. The van der Waals surface area contributed by atoms with Gasteiger partial charge in [0, 0.05) is 17.4 Å². The molecule has 0 aliphatic heterocycles. The van der Waals surface area contributed by atoms with Gasteiger partial charge in [-0.3, -0.25) is 0 Å². The van der Waals surface area contributed by atoms with Gasteiger partial charge in [-0.25, -0.2) is 0 Å². The summed E-state index contributed by atoms with van der Waals surface area (Å²) in [5.41, 5.74) is 9.16. The Bertz CT molecular complexity index is 332. The standard InChI is InChI=1S/C15H24N2/c1-12-9-13(16)11-15(10-12)17-14-7-5-3-2-4-6-8-14/h9-11,14,17H,2-8,16H2,1H3. The van der Waals surface area contributed by atoms with Gasteiger partial charge >= 0.3 is 0 Å². The van der Waals surface area contributed by atoms with Gasteiger partial charge in [-0.15, -0.1) is 0 Å². The van der Waals surface area contributed by atoms with Crippen LogP contribution in [0.1, 0.15) is 50.5 Å². The average molecular weight is 232 g/mol. The average Bonchev–Trinajstić information content (AvgIpc) is 2.20. The fourth-order valence-corrected chi connectivity index (χ4v) is 2.73. The van der Waals surface area contributed by atoms with Gasteiger partial charge in [-0.2, -0.15) is 0 Å². The number of nitrogens with two attached hydrogens (primary N) is 1. The second-order valence-corrected chi connectivity index (χ2v) is 5.32. The van der Waals surface area contributed by atoms with Crippen molar-refractivity contribution in [2.24, 2.45) is 0 Å². The maximum atomic E-state index is 5.88. The molecule has 2 nitrogen and oxygen atoms in total. The van der Waals surface area contributed by atoms with Gasteiger partial charge in [-0.05, 0) is 43.5 Å². The molecule has 0 spiro atoms. The predicted octanol–water partition coefficient (Wildman–Crippen LogP) is 4.10. The van der Waals surface area contributed by atoms with E-state index in [1.807, 2.05) is 12.1 Å². The van der Waals surface area contributed by atoms with Crippen molar-refractivity contribution in [1.29, 1.82) is 0 Å². The van der Waals surface area contributed by atoms with Crippen LogP contribution < -0.4 is 11.1 Å². The monoisotopic (exact) mass is 232 g/mol. The Morgan fingerprint density at radius 1 is 1.00 bits per heavy atom. The summed E-state index contributed by atoms with van der Waals surface area (Å²) in [5.74, 6) is 0. The summed E-state index contributed by atoms with van der Waals surface area (Å²) in [6.07, 6.45) is 9.53. The van der Waals surface area contributed by atoms with Gasteiger partial charge in [0.25, 0.3) is 0 Å². The zero-order valence-electron chi connectivity index (χ0n) is 10.8. The molecule has 17 heavy (non-hydrogen) atoms. The SMILES string of the molecule is Cc1cc(N)cc(NC2CCCCCCC2)c1. The summed E-state index contributed by atoms with van der Waals surface area (Å²) in [7, 11) is 0. The molecular weight excluding hydrogens is 208 g/mol. The highest BCUT2D eigenvalue weighted by atomic mass is 14.9. The van der Waals surface area contributed by atoms with Crippen LogP contribution in [-0.4, -0.2) is 6.04 Å². The highest BCUT2D eigenvalue weighted by Gasteiger charge is 2.11. The third-order valence-electron chi connectivity index (χ3n) is 3.58. The van der Waals surface area contributed by atoms with E-state index >= 15 is 0 Å². The van der Waals surface area contributed by atoms with E-state index in [4.69, 9.17) is 5.73 Å². The first kappa shape index (κ1) is 12.3. The Kier molecular flexibility index (Phi) is 4.29. The summed E-state index contributed by atoms with van der Waals surface area (Å²) >= 11 is 0. The molecule has 1 aromatic rings. The van der Waals surface area contributed by atoms with Crippen LogP contribution in [0.2, 0.25) is 0 Å². The molecule has 1 aromatic carbocycles. The molecule has 94 valence electrons. The van der Waals surface area contributed by atoms with E-state index in [0.29, 0.717) is 6.04 Å². The van der Waals surface area contributed by atoms with E-state index in [1.54, 1.807) is 0 Å². The summed E-state index contributed by atoms with van der Waals surface area (Å²) < 4.78 is 0. The van der Waals surface area contributed by atoms with Crippen molar-refractivity contribution in [1.82, 2.24) is 0 Å². The van der Waals surface area contributed by atoms with Crippen molar-refractivity contribution in [2.45, 2.75) is 57.9 Å². The smallest absolute Gasteiger partial charge is 0.0365 e. The molecule has 0 atom stereocenters. The van der Waals surface area contributed by atoms with Crippen molar-refractivity contribution in [2.75, 3.05) is 11.1 Å². The topological polar surface area (TPSA) is 38.0 Å². The first-order chi connectivity index (χ1) is 8.24. The van der Waals surface area contributed by atoms with Crippen LogP contribution in [0.25, 0.3) is 0 Å². The molecule has 1 aliphatic carbocycles. The molecule has 1 aliphatic rings. The lowest BCUT2D eigenvalue weighted by atomic mass is 9.96. The van der Waals surface area contributed by atoms with Crippen LogP contribution in [0.5, 0.6) is 0 Å². The Balaban J connectivity index is 1.97. The largest absolute Gasteiger partial charge is 0.399 e. The summed E-state index contributed by atoms with van der Waals surface area (Å²) in [5, 5.41) is 3.65. The number of rotatable bonds is 2. The minimum atomic E-state index is 0.636. The van der Waals surface area contributed by atoms with Crippen molar-refractivity contribution in [3.05, 3.63) is 23.8 Å². The van der Waals surface area contributed by atoms with Crippen LogP contribution in [-0.2, 0) is 0 Å². The third kappa shape index (κ3) is 3.95. The van der Waals surface area contributed by atoms with Gasteiger partial charge in [-0.1, -0.05) is 32.1 Å². The number of hydrogen-bond acceptors (Lipinski definition) is 2. The number of hydrogen-bond donors (Lipinski definition) is 2. The summed E-state index contributed by atoms with van der Waals surface area (Å²) in [4.78, 5) is 0. The number of benzene rings is 1. The van der Waals surface area contributed by atoms with E-state index in [9.17, 15) is 0 Å². The van der Waals surface area contributed by atoms with Crippen molar-refractivity contribution >= 4 is 11.4 Å². The van der Waals surface area contributed by atoms with Crippen LogP contribution in [0.15, 0.2) is 18.2 Å². The maximum Gasteiger partial charge on any atom is 0.0365 e. The van der Waals surface area contributed by atoms with Crippen molar-refractivity contribution < 1.29 is 0 Å². The highest BCUT2D eigenvalue weighted by molar-refractivity contribution is 5.57. The van der Waals surface area contributed by atoms with Gasteiger partial charge < -0.3 is 11.1 Å².